The molecule has 0 saturated carbocycles. The van der Waals surface area contributed by atoms with Crippen LogP contribution in [0.1, 0.15) is 12.5 Å². The van der Waals surface area contributed by atoms with Gasteiger partial charge in [-0.25, -0.2) is 4.79 Å². The molecule has 0 aliphatic rings. The largest absolute Gasteiger partial charge is 0.464 e. The fourth-order valence-electron chi connectivity index (χ4n) is 1.39. The van der Waals surface area contributed by atoms with E-state index in [1.165, 1.54) is 0 Å². The van der Waals surface area contributed by atoms with Gasteiger partial charge in [-0.3, -0.25) is 0 Å². The van der Waals surface area contributed by atoms with Crippen molar-refractivity contribution in [1.29, 1.82) is 0 Å². The van der Waals surface area contributed by atoms with Crippen LogP contribution in [-0.4, -0.2) is 35.0 Å². The summed E-state index contributed by atoms with van der Waals surface area (Å²) in [5.41, 5.74) is -1.08. The Bertz CT molecular complexity index is 336. The quantitative estimate of drug-likeness (QED) is 0.715. The van der Waals surface area contributed by atoms with Crippen molar-refractivity contribution in [3.8, 4) is 0 Å². The van der Waals surface area contributed by atoms with Crippen LogP contribution < -0.4 is 0 Å². The minimum atomic E-state index is -1.85. The Kier molecular flexibility index (Phi) is 4.46. The first kappa shape index (κ1) is 12.7. The van der Waals surface area contributed by atoms with E-state index in [-0.39, 0.29) is 13.0 Å². The first-order valence-electron chi connectivity index (χ1n) is 5.17. The molecule has 0 bridgehead atoms. The van der Waals surface area contributed by atoms with Crippen LogP contribution in [0.4, 0.5) is 0 Å². The molecule has 1 atom stereocenters. The Hall–Kier alpha value is -1.39. The Morgan fingerprint density at radius 3 is 2.50 bits per heavy atom. The highest BCUT2D eigenvalue weighted by Crippen LogP contribution is 2.15. The van der Waals surface area contributed by atoms with E-state index in [4.69, 9.17) is 9.84 Å². The number of hydrogen-bond acceptors (Lipinski definition) is 4. The van der Waals surface area contributed by atoms with E-state index in [2.05, 4.69) is 0 Å². The summed E-state index contributed by atoms with van der Waals surface area (Å²) in [6, 6.07) is 9.00. The van der Waals surface area contributed by atoms with E-state index in [1.807, 2.05) is 6.07 Å². The van der Waals surface area contributed by atoms with Crippen molar-refractivity contribution in [2.24, 2.45) is 0 Å². The first-order valence-corrected chi connectivity index (χ1v) is 5.17. The lowest BCUT2D eigenvalue weighted by atomic mass is 9.95. The molecule has 1 rings (SSSR count). The molecule has 1 aromatic rings. The molecular weight excluding hydrogens is 208 g/mol. The Morgan fingerprint density at radius 2 is 2.00 bits per heavy atom. The third-order valence-corrected chi connectivity index (χ3v) is 2.26. The summed E-state index contributed by atoms with van der Waals surface area (Å²) in [5, 5.41) is 19.0. The molecule has 0 spiro atoms. The monoisotopic (exact) mass is 224 g/mol. The van der Waals surface area contributed by atoms with Gasteiger partial charge in [-0.05, 0) is 12.5 Å². The SMILES string of the molecule is CCOC(=O)C(O)(CO)Cc1ccccc1. The number of esters is 1. The molecule has 1 aromatic carbocycles. The van der Waals surface area contributed by atoms with Crippen molar-refractivity contribution in [2.75, 3.05) is 13.2 Å². The summed E-state index contributed by atoms with van der Waals surface area (Å²) in [6.45, 7) is 1.18. The van der Waals surface area contributed by atoms with E-state index >= 15 is 0 Å². The van der Waals surface area contributed by atoms with Crippen LogP contribution in [0.2, 0.25) is 0 Å². The molecule has 88 valence electrons. The van der Waals surface area contributed by atoms with Crippen molar-refractivity contribution in [2.45, 2.75) is 18.9 Å². The molecule has 4 nitrogen and oxygen atoms in total. The van der Waals surface area contributed by atoms with Gasteiger partial charge in [-0.2, -0.15) is 0 Å². The van der Waals surface area contributed by atoms with Crippen LogP contribution in [0.25, 0.3) is 0 Å². The van der Waals surface area contributed by atoms with Crippen LogP contribution in [-0.2, 0) is 16.0 Å². The van der Waals surface area contributed by atoms with E-state index in [0.29, 0.717) is 0 Å². The second-order valence-electron chi connectivity index (χ2n) is 3.57. The number of aliphatic hydroxyl groups is 2. The van der Waals surface area contributed by atoms with E-state index in [0.717, 1.165) is 5.56 Å². The number of hydrogen-bond donors (Lipinski definition) is 2. The fourth-order valence-corrected chi connectivity index (χ4v) is 1.39. The lowest BCUT2D eigenvalue weighted by Gasteiger charge is -2.23. The molecule has 2 N–H and O–H groups in total. The predicted molar refractivity (Wildman–Crippen MR) is 58.8 cm³/mol. The normalized spacial score (nSPS) is 14.2. The highest BCUT2D eigenvalue weighted by Gasteiger charge is 2.37. The number of ether oxygens (including phenoxy) is 1. The van der Waals surface area contributed by atoms with Crippen molar-refractivity contribution in [1.82, 2.24) is 0 Å². The van der Waals surface area contributed by atoms with Gasteiger partial charge < -0.3 is 14.9 Å². The maximum absolute atomic E-state index is 11.5. The molecule has 4 heteroatoms. The zero-order valence-corrected chi connectivity index (χ0v) is 9.22. The topological polar surface area (TPSA) is 66.8 Å². The van der Waals surface area contributed by atoms with Gasteiger partial charge >= 0.3 is 5.97 Å². The summed E-state index contributed by atoms with van der Waals surface area (Å²) in [7, 11) is 0. The molecule has 0 amide bonds. The highest BCUT2D eigenvalue weighted by atomic mass is 16.6. The summed E-state index contributed by atoms with van der Waals surface area (Å²) < 4.78 is 4.72. The van der Waals surface area contributed by atoms with Gasteiger partial charge in [0, 0.05) is 6.42 Å². The Morgan fingerprint density at radius 1 is 1.38 bits per heavy atom. The maximum atomic E-state index is 11.5. The summed E-state index contributed by atoms with van der Waals surface area (Å²) >= 11 is 0. The molecule has 0 saturated heterocycles. The molecule has 0 heterocycles. The van der Waals surface area contributed by atoms with Crippen molar-refractivity contribution >= 4 is 5.97 Å². The van der Waals surface area contributed by atoms with Gasteiger partial charge in [0.05, 0.1) is 13.2 Å². The second-order valence-corrected chi connectivity index (χ2v) is 3.57. The number of benzene rings is 1. The molecule has 1 unspecified atom stereocenters. The molecule has 0 fully saturated rings. The van der Waals surface area contributed by atoms with Crippen LogP contribution in [0.3, 0.4) is 0 Å². The fraction of sp³-hybridized carbons (Fsp3) is 0.417. The van der Waals surface area contributed by atoms with Crippen LogP contribution in [0.15, 0.2) is 30.3 Å². The zero-order valence-electron chi connectivity index (χ0n) is 9.22. The van der Waals surface area contributed by atoms with E-state index < -0.39 is 18.2 Å². The average molecular weight is 224 g/mol. The second kappa shape index (κ2) is 5.63. The minimum absolute atomic E-state index is 0.0448. The van der Waals surface area contributed by atoms with Crippen molar-refractivity contribution in [3.63, 3.8) is 0 Å². The standard InChI is InChI=1S/C12H16O4/c1-2-16-11(14)12(15,9-13)8-10-6-4-3-5-7-10/h3-7,13,15H,2,8-9H2,1H3. The molecule has 0 aliphatic carbocycles. The third kappa shape index (κ3) is 3.05. The van der Waals surface area contributed by atoms with Crippen LogP contribution in [0, 0.1) is 0 Å². The average Bonchev–Trinajstić information content (AvgIpc) is 2.30. The molecule has 0 aliphatic heterocycles. The Labute approximate surface area is 94.5 Å². The number of rotatable bonds is 5. The lowest BCUT2D eigenvalue weighted by Crippen LogP contribution is -2.45. The van der Waals surface area contributed by atoms with Crippen LogP contribution >= 0.6 is 0 Å². The molecular formula is C12H16O4. The Balaban J connectivity index is 2.78. The van der Waals surface area contributed by atoms with Crippen molar-refractivity contribution < 1.29 is 19.7 Å². The smallest absolute Gasteiger partial charge is 0.340 e. The summed E-state index contributed by atoms with van der Waals surface area (Å²) in [5.74, 6) is -0.790. The zero-order chi connectivity index (χ0) is 12.0. The molecule has 0 radical (unpaired) electrons. The molecule has 0 aromatic heterocycles. The van der Waals surface area contributed by atoms with Gasteiger partial charge in [0.15, 0.2) is 5.60 Å². The highest BCUT2D eigenvalue weighted by molar-refractivity contribution is 5.79. The number of carbonyl (C=O) groups excluding carboxylic acids is 1. The van der Waals surface area contributed by atoms with Crippen LogP contribution in [0.5, 0.6) is 0 Å². The number of carbonyl (C=O) groups is 1. The van der Waals surface area contributed by atoms with E-state index in [9.17, 15) is 9.90 Å². The predicted octanol–water partition coefficient (Wildman–Crippen LogP) is 0.516. The third-order valence-electron chi connectivity index (χ3n) is 2.26. The van der Waals surface area contributed by atoms with Gasteiger partial charge in [0.25, 0.3) is 0 Å². The van der Waals surface area contributed by atoms with Crippen molar-refractivity contribution in [3.05, 3.63) is 35.9 Å². The summed E-state index contributed by atoms with van der Waals surface area (Å²) in [6.07, 6.45) is 0.0448. The lowest BCUT2D eigenvalue weighted by molar-refractivity contribution is -0.169. The minimum Gasteiger partial charge on any atom is -0.464 e. The number of aliphatic hydroxyl groups excluding tert-OH is 1. The summed E-state index contributed by atoms with van der Waals surface area (Å²) in [4.78, 5) is 11.5. The molecule has 16 heavy (non-hydrogen) atoms. The van der Waals surface area contributed by atoms with Gasteiger partial charge in [0.2, 0.25) is 0 Å². The van der Waals surface area contributed by atoms with Gasteiger partial charge in [0.1, 0.15) is 0 Å². The van der Waals surface area contributed by atoms with Gasteiger partial charge in [-0.1, -0.05) is 30.3 Å². The maximum Gasteiger partial charge on any atom is 0.340 e. The van der Waals surface area contributed by atoms with Gasteiger partial charge in [-0.15, -0.1) is 0 Å². The first-order chi connectivity index (χ1) is 7.62. The van der Waals surface area contributed by atoms with E-state index in [1.54, 1.807) is 31.2 Å².